The molecule has 142 valence electrons. The van der Waals surface area contributed by atoms with Crippen molar-refractivity contribution in [1.29, 1.82) is 0 Å². The van der Waals surface area contributed by atoms with E-state index in [4.69, 9.17) is 4.74 Å². The zero-order valence-corrected chi connectivity index (χ0v) is 15.1. The Kier molecular flexibility index (Phi) is 6.23. The molecule has 1 unspecified atom stereocenters. The maximum Gasteiger partial charge on any atom is 0.339 e. The molecule has 1 atom stereocenters. The van der Waals surface area contributed by atoms with Crippen LogP contribution < -0.4 is 0 Å². The minimum absolute atomic E-state index is 0.0141. The highest BCUT2D eigenvalue weighted by Crippen LogP contribution is 2.20. The maximum atomic E-state index is 13.2. The second-order valence-electron chi connectivity index (χ2n) is 6.13. The van der Waals surface area contributed by atoms with Crippen molar-refractivity contribution in [3.63, 3.8) is 0 Å². The van der Waals surface area contributed by atoms with E-state index in [2.05, 4.69) is 0 Å². The molecule has 0 aromatic heterocycles. The summed E-state index contributed by atoms with van der Waals surface area (Å²) >= 11 is 0. The molecule has 1 amide bonds. The van der Waals surface area contributed by atoms with Gasteiger partial charge in [-0.2, -0.15) is 0 Å². The van der Waals surface area contributed by atoms with Gasteiger partial charge in [-0.15, -0.1) is 0 Å². The van der Waals surface area contributed by atoms with E-state index in [9.17, 15) is 24.1 Å². The van der Waals surface area contributed by atoms with Gasteiger partial charge in [0.05, 0.1) is 10.5 Å². The Hall–Kier alpha value is -3.29. The van der Waals surface area contributed by atoms with Crippen LogP contribution in [0.25, 0.3) is 0 Å². The van der Waals surface area contributed by atoms with Gasteiger partial charge in [-0.25, -0.2) is 9.18 Å². The Balaban J connectivity index is 2.04. The van der Waals surface area contributed by atoms with Crippen molar-refractivity contribution in [3.8, 4) is 0 Å². The molecule has 7 nitrogen and oxygen atoms in total. The standard InChI is InChI=1S/C19H19FN2O5/c1-12-7-8-15(10-17(12)22(25)26)19(24)27-13(2)18(23)21(3)11-14-5-4-6-16(20)9-14/h4-10,13H,11H2,1-3H3. The van der Waals surface area contributed by atoms with Crippen LogP contribution in [0.4, 0.5) is 10.1 Å². The number of carbonyl (C=O) groups is 2. The molecular weight excluding hydrogens is 355 g/mol. The highest BCUT2D eigenvalue weighted by molar-refractivity contribution is 5.92. The SMILES string of the molecule is Cc1ccc(C(=O)OC(C)C(=O)N(C)Cc2cccc(F)c2)cc1[N+](=O)[O-]. The molecule has 8 heteroatoms. The number of ether oxygens (including phenoxy) is 1. The topological polar surface area (TPSA) is 89.8 Å². The minimum Gasteiger partial charge on any atom is -0.449 e. The molecular formula is C19H19FN2O5. The molecule has 0 bridgehead atoms. The molecule has 0 aliphatic rings. The number of likely N-dealkylation sites (N-methyl/N-ethyl adjacent to an activating group) is 1. The third-order valence-corrected chi connectivity index (χ3v) is 3.96. The lowest BCUT2D eigenvalue weighted by Crippen LogP contribution is -2.37. The van der Waals surface area contributed by atoms with Gasteiger partial charge < -0.3 is 9.64 Å². The van der Waals surface area contributed by atoms with E-state index in [0.717, 1.165) is 6.07 Å². The quantitative estimate of drug-likeness (QED) is 0.440. The highest BCUT2D eigenvalue weighted by atomic mass is 19.1. The van der Waals surface area contributed by atoms with Crippen LogP contribution in [-0.4, -0.2) is 34.9 Å². The molecule has 0 aliphatic carbocycles. The van der Waals surface area contributed by atoms with E-state index in [-0.39, 0.29) is 17.8 Å². The predicted octanol–water partition coefficient (Wildman–Crippen LogP) is 3.25. The molecule has 0 fully saturated rings. The summed E-state index contributed by atoms with van der Waals surface area (Å²) < 4.78 is 18.4. The smallest absolute Gasteiger partial charge is 0.339 e. The van der Waals surface area contributed by atoms with Crippen LogP contribution in [0.15, 0.2) is 42.5 Å². The Labute approximate surface area is 155 Å². The lowest BCUT2D eigenvalue weighted by Gasteiger charge is -2.21. The second-order valence-corrected chi connectivity index (χ2v) is 6.13. The van der Waals surface area contributed by atoms with Crippen molar-refractivity contribution in [2.24, 2.45) is 0 Å². The van der Waals surface area contributed by atoms with Crippen LogP contribution in [0.2, 0.25) is 0 Å². The number of benzene rings is 2. The van der Waals surface area contributed by atoms with Gasteiger partial charge in [0.15, 0.2) is 6.10 Å². The number of amides is 1. The molecule has 0 heterocycles. The summed E-state index contributed by atoms with van der Waals surface area (Å²) in [7, 11) is 1.51. The van der Waals surface area contributed by atoms with Crippen molar-refractivity contribution >= 4 is 17.6 Å². The van der Waals surface area contributed by atoms with E-state index in [1.165, 1.54) is 49.2 Å². The number of nitro groups is 1. The summed E-state index contributed by atoms with van der Waals surface area (Å²) in [4.78, 5) is 36.3. The first-order valence-corrected chi connectivity index (χ1v) is 8.14. The minimum atomic E-state index is -1.10. The van der Waals surface area contributed by atoms with E-state index >= 15 is 0 Å². The number of aryl methyl sites for hydroxylation is 1. The lowest BCUT2D eigenvalue weighted by atomic mass is 10.1. The predicted molar refractivity (Wildman–Crippen MR) is 95.6 cm³/mol. The van der Waals surface area contributed by atoms with Crippen LogP contribution in [0.3, 0.4) is 0 Å². The summed E-state index contributed by atoms with van der Waals surface area (Å²) in [5.41, 5.74) is 0.792. The Morgan fingerprint density at radius 2 is 1.96 bits per heavy atom. The third kappa shape index (κ3) is 5.10. The lowest BCUT2D eigenvalue weighted by molar-refractivity contribution is -0.385. The highest BCUT2D eigenvalue weighted by Gasteiger charge is 2.24. The van der Waals surface area contributed by atoms with Gasteiger partial charge in [-0.3, -0.25) is 14.9 Å². The van der Waals surface area contributed by atoms with E-state index in [1.807, 2.05) is 0 Å². The van der Waals surface area contributed by atoms with Crippen molar-refractivity contribution in [2.75, 3.05) is 7.05 Å². The molecule has 0 aliphatic heterocycles. The molecule has 0 saturated carbocycles. The maximum absolute atomic E-state index is 13.2. The molecule has 2 aromatic rings. The van der Waals surface area contributed by atoms with Gasteiger partial charge in [-0.05, 0) is 37.6 Å². The van der Waals surface area contributed by atoms with Crippen molar-refractivity contribution < 1.29 is 23.6 Å². The number of esters is 1. The fraction of sp³-hybridized carbons (Fsp3) is 0.263. The zero-order valence-electron chi connectivity index (χ0n) is 15.1. The van der Waals surface area contributed by atoms with Gasteiger partial charge in [0.1, 0.15) is 5.82 Å². The van der Waals surface area contributed by atoms with Gasteiger partial charge in [0, 0.05) is 25.2 Å². The first kappa shape index (κ1) is 20.0. The van der Waals surface area contributed by atoms with Crippen LogP contribution in [0.5, 0.6) is 0 Å². The summed E-state index contributed by atoms with van der Waals surface area (Å²) in [5, 5.41) is 11.0. The van der Waals surface area contributed by atoms with Gasteiger partial charge in [-0.1, -0.05) is 18.2 Å². The number of hydrogen-bond donors (Lipinski definition) is 0. The molecule has 2 rings (SSSR count). The molecule has 27 heavy (non-hydrogen) atoms. The number of nitrogens with zero attached hydrogens (tertiary/aromatic N) is 2. The Morgan fingerprint density at radius 1 is 1.26 bits per heavy atom. The van der Waals surface area contributed by atoms with Crippen LogP contribution in [0.1, 0.15) is 28.4 Å². The molecule has 0 radical (unpaired) electrons. The Bertz CT molecular complexity index is 884. The number of hydrogen-bond acceptors (Lipinski definition) is 5. The monoisotopic (exact) mass is 374 g/mol. The third-order valence-electron chi connectivity index (χ3n) is 3.96. The molecule has 2 aromatic carbocycles. The number of nitro benzene ring substituents is 1. The second kappa shape index (κ2) is 8.39. The van der Waals surface area contributed by atoms with Gasteiger partial charge >= 0.3 is 5.97 Å². The molecule has 0 saturated heterocycles. The summed E-state index contributed by atoms with van der Waals surface area (Å²) in [6.07, 6.45) is -1.10. The summed E-state index contributed by atoms with van der Waals surface area (Å²) in [6.45, 7) is 3.11. The number of carbonyl (C=O) groups excluding carboxylic acids is 2. The van der Waals surface area contributed by atoms with Crippen molar-refractivity contribution in [1.82, 2.24) is 4.90 Å². The summed E-state index contributed by atoms with van der Waals surface area (Å²) in [6, 6.07) is 9.79. The first-order valence-electron chi connectivity index (χ1n) is 8.14. The number of rotatable bonds is 6. The normalized spacial score (nSPS) is 11.6. The largest absolute Gasteiger partial charge is 0.449 e. The fourth-order valence-corrected chi connectivity index (χ4v) is 2.51. The van der Waals surface area contributed by atoms with Gasteiger partial charge in [0.25, 0.3) is 11.6 Å². The average Bonchev–Trinajstić information content (AvgIpc) is 2.60. The first-order chi connectivity index (χ1) is 12.7. The molecule has 0 spiro atoms. The van der Waals surface area contributed by atoms with E-state index in [1.54, 1.807) is 13.0 Å². The van der Waals surface area contributed by atoms with Crippen molar-refractivity contribution in [3.05, 3.63) is 75.1 Å². The zero-order chi connectivity index (χ0) is 20.1. The average molecular weight is 374 g/mol. The van der Waals surface area contributed by atoms with Crippen LogP contribution in [0, 0.1) is 22.9 Å². The number of halogens is 1. The van der Waals surface area contributed by atoms with Crippen LogP contribution >= 0.6 is 0 Å². The van der Waals surface area contributed by atoms with E-state index in [0.29, 0.717) is 11.1 Å². The van der Waals surface area contributed by atoms with Crippen LogP contribution in [-0.2, 0) is 16.1 Å². The summed E-state index contributed by atoms with van der Waals surface area (Å²) in [5.74, 6) is -1.72. The van der Waals surface area contributed by atoms with E-state index < -0.39 is 28.7 Å². The molecule has 0 N–H and O–H groups in total. The van der Waals surface area contributed by atoms with Crippen molar-refractivity contribution in [2.45, 2.75) is 26.5 Å². The Morgan fingerprint density at radius 3 is 2.59 bits per heavy atom. The fourth-order valence-electron chi connectivity index (χ4n) is 2.51. The van der Waals surface area contributed by atoms with Gasteiger partial charge in [0.2, 0.25) is 0 Å².